The van der Waals surface area contributed by atoms with Crippen LogP contribution in [0.1, 0.15) is 33.5 Å². The highest BCUT2D eigenvalue weighted by atomic mass is 35.5. The number of carboxylic acid groups (broad SMARTS) is 1. The van der Waals surface area contributed by atoms with Gasteiger partial charge in [-0.05, 0) is 67.1 Å². The minimum Gasteiger partial charge on any atom is -0.480 e. The topological polar surface area (TPSA) is 57.6 Å². The maximum absolute atomic E-state index is 13.2. The molecule has 1 N–H and O–H groups in total. The van der Waals surface area contributed by atoms with Crippen molar-refractivity contribution in [2.45, 2.75) is 25.8 Å². The normalized spacial score (nSPS) is 11.2. The van der Waals surface area contributed by atoms with Crippen LogP contribution in [0.5, 0.6) is 0 Å². The Morgan fingerprint density at radius 3 is 2.26 bits per heavy atom. The number of hydrogen-bond donors (Lipinski definition) is 1. The van der Waals surface area contributed by atoms with E-state index in [1.807, 2.05) is 37.3 Å². The second-order valence-corrected chi connectivity index (χ2v) is 7.53. The quantitative estimate of drug-likeness (QED) is 0.432. The van der Waals surface area contributed by atoms with Crippen LogP contribution in [0.4, 0.5) is 0 Å². The average molecular weight is 432 g/mol. The summed E-state index contributed by atoms with van der Waals surface area (Å²) >= 11 is 6.07. The van der Waals surface area contributed by atoms with Crippen LogP contribution < -0.4 is 0 Å². The summed E-state index contributed by atoms with van der Waals surface area (Å²) in [6.07, 6.45) is 0.754. The van der Waals surface area contributed by atoms with E-state index in [2.05, 4.69) is 12.0 Å². The predicted molar refractivity (Wildman–Crippen MR) is 122 cm³/mol. The number of carbonyl (C=O) groups is 2. The Bertz CT molecular complexity index is 1120. The van der Waals surface area contributed by atoms with Crippen LogP contribution in [0.25, 0.3) is 0 Å². The molecule has 3 rings (SSSR count). The first-order chi connectivity index (χ1) is 15.0. The van der Waals surface area contributed by atoms with E-state index in [4.69, 9.17) is 11.6 Å². The molecule has 0 aliphatic heterocycles. The van der Waals surface area contributed by atoms with Crippen molar-refractivity contribution in [3.63, 3.8) is 0 Å². The number of hydrogen-bond acceptors (Lipinski definition) is 2. The lowest BCUT2D eigenvalue weighted by Crippen LogP contribution is -2.42. The number of aliphatic carboxylic acids is 1. The molecule has 156 valence electrons. The monoisotopic (exact) mass is 431 g/mol. The van der Waals surface area contributed by atoms with Gasteiger partial charge in [0.2, 0.25) is 0 Å². The highest BCUT2D eigenvalue weighted by molar-refractivity contribution is 6.31. The first-order valence-corrected chi connectivity index (χ1v) is 10.3. The molecule has 1 unspecified atom stereocenters. The van der Waals surface area contributed by atoms with Gasteiger partial charge in [-0.2, -0.15) is 0 Å². The van der Waals surface area contributed by atoms with Crippen LogP contribution in [0.2, 0.25) is 5.02 Å². The maximum atomic E-state index is 13.2. The number of rotatable bonds is 6. The second-order valence-electron chi connectivity index (χ2n) is 7.12. The van der Waals surface area contributed by atoms with Gasteiger partial charge in [-0.25, -0.2) is 4.79 Å². The van der Waals surface area contributed by atoms with Crippen molar-refractivity contribution < 1.29 is 14.7 Å². The number of halogens is 1. The molecule has 0 spiro atoms. The summed E-state index contributed by atoms with van der Waals surface area (Å²) in [5.74, 6) is 1.39. The fourth-order valence-corrected chi connectivity index (χ4v) is 3.27. The molecule has 0 saturated heterocycles. The molecule has 3 aromatic carbocycles. The van der Waals surface area contributed by atoms with E-state index in [-0.39, 0.29) is 6.42 Å². The number of nitrogens with zero attached hydrogens (tertiary/aromatic N) is 1. The second kappa shape index (κ2) is 10.5. The third kappa shape index (κ3) is 5.97. The lowest BCUT2D eigenvalue weighted by atomic mass is 10.0. The van der Waals surface area contributed by atoms with Crippen molar-refractivity contribution in [2.24, 2.45) is 0 Å². The van der Waals surface area contributed by atoms with Crippen LogP contribution in [0.3, 0.4) is 0 Å². The summed E-state index contributed by atoms with van der Waals surface area (Å²) in [7, 11) is 0. The first-order valence-electron chi connectivity index (χ1n) is 9.89. The minimum atomic E-state index is -1.10. The van der Waals surface area contributed by atoms with E-state index in [0.717, 1.165) is 16.0 Å². The average Bonchev–Trinajstić information content (AvgIpc) is 2.79. The number of aryl methyl sites for hydroxylation is 2. The molecule has 0 aliphatic carbocycles. The Labute approximate surface area is 187 Å². The van der Waals surface area contributed by atoms with Crippen LogP contribution in [0, 0.1) is 18.9 Å². The molecule has 1 amide bonds. The molecular weight excluding hydrogens is 410 g/mol. The van der Waals surface area contributed by atoms with Gasteiger partial charge in [0.05, 0.1) is 0 Å². The van der Waals surface area contributed by atoms with Crippen molar-refractivity contribution in [3.05, 3.63) is 106 Å². The van der Waals surface area contributed by atoms with E-state index in [1.54, 1.807) is 48.5 Å². The summed E-state index contributed by atoms with van der Waals surface area (Å²) in [5.41, 5.74) is 2.89. The Balaban J connectivity index is 1.94. The van der Waals surface area contributed by atoms with E-state index in [9.17, 15) is 14.7 Å². The SMILES string of the molecule is Cc1cc(C#CN(C(=O)c2ccccc2)C(CCc2ccccc2)C(=O)O)ccc1Cl. The van der Waals surface area contributed by atoms with Gasteiger partial charge in [0.1, 0.15) is 6.04 Å². The Hall–Kier alpha value is -3.55. The summed E-state index contributed by atoms with van der Waals surface area (Å²) < 4.78 is 0. The van der Waals surface area contributed by atoms with Crippen LogP contribution >= 0.6 is 11.6 Å². The molecule has 0 aromatic heterocycles. The van der Waals surface area contributed by atoms with Crippen LogP contribution in [0.15, 0.2) is 78.9 Å². The van der Waals surface area contributed by atoms with Crippen molar-refractivity contribution >= 4 is 23.5 Å². The van der Waals surface area contributed by atoms with Gasteiger partial charge in [-0.1, -0.05) is 60.1 Å². The molecule has 0 aliphatic rings. The molecule has 31 heavy (non-hydrogen) atoms. The molecular formula is C26H22ClNO3. The van der Waals surface area contributed by atoms with E-state index in [1.165, 1.54) is 0 Å². The largest absolute Gasteiger partial charge is 0.480 e. The standard InChI is InChI=1S/C26H22ClNO3/c1-19-18-21(12-14-23(19)27)16-17-28(25(29)22-10-6-3-7-11-22)24(26(30)31)15-13-20-8-4-2-5-9-20/h2-12,14,18,24H,13,15H2,1H3,(H,30,31). The van der Waals surface area contributed by atoms with E-state index in [0.29, 0.717) is 22.6 Å². The Morgan fingerprint density at radius 1 is 1.00 bits per heavy atom. The fraction of sp³-hybridized carbons (Fsp3) is 0.154. The van der Waals surface area contributed by atoms with E-state index < -0.39 is 17.9 Å². The van der Waals surface area contributed by atoms with Crippen molar-refractivity contribution in [1.82, 2.24) is 4.90 Å². The highest BCUT2D eigenvalue weighted by Crippen LogP contribution is 2.17. The predicted octanol–water partition coefficient (Wildman–Crippen LogP) is 5.19. The van der Waals surface area contributed by atoms with Gasteiger partial charge >= 0.3 is 5.97 Å². The number of benzene rings is 3. The molecule has 1 atom stereocenters. The van der Waals surface area contributed by atoms with Crippen molar-refractivity contribution in [3.8, 4) is 12.0 Å². The van der Waals surface area contributed by atoms with E-state index >= 15 is 0 Å². The summed E-state index contributed by atoms with van der Waals surface area (Å²) in [4.78, 5) is 26.4. The maximum Gasteiger partial charge on any atom is 0.327 e. The first kappa shape index (κ1) is 22.1. The summed E-state index contributed by atoms with van der Waals surface area (Å²) in [6.45, 7) is 1.86. The zero-order valence-corrected chi connectivity index (χ0v) is 17.8. The number of carbonyl (C=O) groups excluding carboxylic acids is 1. The number of carboxylic acids is 1. The zero-order chi connectivity index (χ0) is 22.2. The molecule has 0 heterocycles. The van der Waals surface area contributed by atoms with Crippen LogP contribution in [-0.4, -0.2) is 27.9 Å². The fourth-order valence-electron chi connectivity index (χ4n) is 3.15. The molecule has 0 fully saturated rings. The van der Waals surface area contributed by atoms with Gasteiger partial charge in [0.15, 0.2) is 0 Å². The molecule has 0 saturated carbocycles. The molecule has 4 nitrogen and oxygen atoms in total. The lowest BCUT2D eigenvalue weighted by molar-refractivity contribution is -0.141. The third-order valence-corrected chi connectivity index (χ3v) is 5.29. The Morgan fingerprint density at radius 2 is 1.65 bits per heavy atom. The molecule has 5 heteroatoms. The van der Waals surface area contributed by atoms with Gasteiger partial charge in [0, 0.05) is 22.2 Å². The van der Waals surface area contributed by atoms with Gasteiger partial charge in [0.25, 0.3) is 5.91 Å². The van der Waals surface area contributed by atoms with Gasteiger partial charge < -0.3 is 5.11 Å². The molecule has 0 radical (unpaired) electrons. The van der Waals surface area contributed by atoms with Crippen LogP contribution in [-0.2, 0) is 11.2 Å². The molecule has 3 aromatic rings. The number of amides is 1. The van der Waals surface area contributed by atoms with Gasteiger partial charge in [-0.15, -0.1) is 0 Å². The van der Waals surface area contributed by atoms with Gasteiger partial charge in [-0.3, -0.25) is 9.69 Å². The minimum absolute atomic E-state index is 0.242. The van der Waals surface area contributed by atoms with Crippen molar-refractivity contribution in [1.29, 1.82) is 0 Å². The zero-order valence-electron chi connectivity index (χ0n) is 17.1. The lowest BCUT2D eigenvalue weighted by Gasteiger charge is -2.23. The van der Waals surface area contributed by atoms with Crippen molar-refractivity contribution in [2.75, 3.05) is 0 Å². The molecule has 0 bridgehead atoms. The highest BCUT2D eigenvalue weighted by Gasteiger charge is 2.29. The third-order valence-electron chi connectivity index (χ3n) is 4.86. The summed E-state index contributed by atoms with van der Waals surface area (Å²) in [5, 5.41) is 10.5. The Kier molecular flexibility index (Phi) is 7.48. The summed E-state index contributed by atoms with van der Waals surface area (Å²) in [6, 6.07) is 25.2. The smallest absolute Gasteiger partial charge is 0.327 e.